The average molecular weight is 183 g/mol. The fourth-order valence-electron chi connectivity index (χ4n) is 0.505. The Bertz CT molecular complexity index is 242. The van der Waals surface area contributed by atoms with E-state index in [1.165, 1.54) is 17.6 Å². The van der Waals surface area contributed by atoms with Gasteiger partial charge in [-0.25, -0.2) is 0 Å². The van der Waals surface area contributed by atoms with E-state index < -0.39 is 0 Å². The molecule has 1 aromatic rings. The van der Waals surface area contributed by atoms with E-state index in [1.54, 1.807) is 0 Å². The molecule has 3 heteroatoms. The van der Waals surface area contributed by atoms with Crippen LogP contribution in [0.3, 0.4) is 0 Å². The minimum absolute atomic E-state index is 0.838. The van der Waals surface area contributed by atoms with Crippen molar-refractivity contribution in [1.29, 1.82) is 5.41 Å². The van der Waals surface area contributed by atoms with Gasteiger partial charge in [-0.2, -0.15) is 0 Å². The summed E-state index contributed by atoms with van der Waals surface area (Å²) in [5.41, 5.74) is 1.07. The highest BCUT2D eigenvalue weighted by molar-refractivity contribution is 7.11. The summed E-state index contributed by atoms with van der Waals surface area (Å²) >= 11 is 1.48. The third kappa shape index (κ3) is 4.03. The first-order chi connectivity index (χ1) is 5.76. The minimum atomic E-state index is 0.838. The van der Waals surface area contributed by atoms with Crippen LogP contribution in [0.1, 0.15) is 28.6 Å². The minimum Gasteiger partial charge on any atom is -0.313 e. The smallest absolute Gasteiger partial charge is 0.160 e. The largest absolute Gasteiger partial charge is 0.313 e. The van der Waals surface area contributed by atoms with Crippen molar-refractivity contribution in [3.05, 3.63) is 21.9 Å². The average Bonchev–Trinajstić information content (AvgIpc) is 2.51. The first-order valence-electron chi connectivity index (χ1n) is 3.74. The first kappa shape index (κ1) is 11.0. The highest BCUT2D eigenvalue weighted by Crippen LogP contribution is 2.11. The topological polar surface area (TPSA) is 40.9 Å². The van der Waals surface area contributed by atoms with Gasteiger partial charge in [0.15, 0.2) is 6.29 Å². The Hall–Kier alpha value is -0.960. The molecule has 0 saturated heterocycles. The van der Waals surface area contributed by atoms with Gasteiger partial charge in [-0.1, -0.05) is 6.92 Å². The van der Waals surface area contributed by atoms with E-state index in [0.717, 1.165) is 23.1 Å². The van der Waals surface area contributed by atoms with Crippen LogP contribution in [0, 0.1) is 12.3 Å². The highest BCUT2D eigenvalue weighted by atomic mass is 32.1. The molecule has 0 aliphatic heterocycles. The van der Waals surface area contributed by atoms with E-state index in [2.05, 4.69) is 0 Å². The maximum atomic E-state index is 10.1. The first-order valence-corrected chi connectivity index (χ1v) is 4.62. The molecule has 0 unspecified atom stereocenters. The van der Waals surface area contributed by atoms with E-state index in [0.29, 0.717) is 0 Å². The molecular weight excluding hydrogens is 170 g/mol. The van der Waals surface area contributed by atoms with Crippen molar-refractivity contribution in [1.82, 2.24) is 0 Å². The summed E-state index contributed by atoms with van der Waals surface area (Å²) in [6.07, 6.45) is 3.12. The lowest BCUT2D eigenvalue weighted by Crippen LogP contribution is -1.72. The summed E-state index contributed by atoms with van der Waals surface area (Å²) in [4.78, 5) is 10.9. The van der Waals surface area contributed by atoms with Crippen LogP contribution in [0.2, 0.25) is 0 Å². The summed E-state index contributed by atoms with van der Waals surface area (Å²) in [7, 11) is 0. The summed E-state index contributed by atoms with van der Waals surface area (Å²) in [6.45, 7) is 3.87. The molecule has 1 aromatic heterocycles. The summed E-state index contributed by atoms with van der Waals surface area (Å²) in [6, 6.07) is 1.94. The summed E-state index contributed by atoms with van der Waals surface area (Å²) < 4.78 is 0. The van der Waals surface area contributed by atoms with Crippen molar-refractivity contribution >= 4 is 23.8 Å². The predicted octanol–water partition coefficient (Wildman–Crippen LogP) is 2.91. The molecule has 0 aliphatic carbocycles. The molecule has 0 bridgehead atoms. The van der Waals surface area contributed by atoms with Crippen molar-refractivity contribution in [2.24, 2.45) is 0 Å². The molecule has 0 amide bonds. The lowest BCUT2D eigenvalue weighted by atomic mass is 10.3. The Labute approximate surface area is 76.7 Å². The molecule has 2 nitrogen and oxygen atoms in total. The van der Waals surface area contributed by atoms with E-state index in [-0.39, 0.29) is 0 Å². The number of carbonyl (C=O) groups is 1. The normalized spacial score (nSPS) is 8.17. The number of carbonyl (C=O) groups excluding carboxylic acids is 1. The van der Waals surface area contributed by atoms with Gasteiger partial charge in [0.25, 0.3) is 0 Å². The van der Waals surface area contributed by atoms with Gasteiger partial charge in [0.2, 0.25) is 0 Å². The second kappa shape index (κ2) is 6.73. The van der Waals surface area contributed by atoms with Gasteiger partial charge >= 0.3 is 0 Å². The lowest BCUT2D eigenvalue weighted by molar-refractivity contribution is 0.112. The quantitative estimate of drug-likeness (QED) is 0.556. The van der Waals surface area contributed by atoms with Crippen molar-refractivity contribution in [2.45, 2.75) is 20.3 Å². The number of thiophene rings is 1. The number of rotatable bonds is 2. The fraction of sp³-hybridized carbons (Fsp3) is 0.333. The van der Waals surface area contributed by atoms with Crippen LogP contribution in [0.25, 0.3) is 0 Å². The van der Waals surface area contributed by atoms with Crippen LogP contribution in [0.15, 0.2) is 11.4 Å². The Morgan fingerprint density at radius 3 is 2.42 bits per heavy atom. The maximum Gasteiger partial charge on any atom is 0.160 e. The van der Waals surface area contributed by atoms with Crippen LogP contribution < -0.4 is 0 Å². The molecule has 66 valence electrons. The number of hydrogen-bond donors (Lipinski definition) is 1. The number of nitrogens with one attached hydrogen (secondary N) is 1. The Morgan fingerprint density at radius 1 is 1.67 bits per heavy atom. The predicted molar refractivity (Wildman–Crippen MR) is 53.5 cm³/mol. The van der Waals surface area contributed by atoms with E-state index >= 15 is 0 Å². The molecule has 0 fully saturated rings. The van der Waals surface area contributed by atoms with Crippen molar-refractivity contribution in [3.8, 4) is 0 Å². The fourth-order valence-corrected chi connectivity index (χ4v) is 1.23. The standard InChI is InChI=1S/C6H6OS.C3H7N/c1-5-2-3-8-6(5)4-7;1-2-3-4/h2-4H,1H3;3-4H,2H2,1H3. The molecule has 1 rings (SSSR count). The lowest BCUT2D eigenvalue weighted by Gasteiger charge is -1.79. The maximum absolute atomic E-state index is 10.1. The van der Waals surface area contributed by atoms with Crippen LogP contribution in [-0.2, 0) is 0 Å². The molecule has 0 saturated carbocycles. The van der Waals surface area contributed by atoms with Crippen molar-refractivity contribution in [3.63, 3.8) is 0 Å². The van der Waals surface area contributed by atoms with Gasteiger partial charge in [0.05, 0.1) is 4.88 Å². The summed E-state index contributed by atoms with van der Waals surface area (Å²) in [5, 5.41) is 8.24. The van der Waals surface area contributed by atoms with Gasteiger partial charge in [0, 0.05) is 0 Å². The molecular formula is C9H13NOS. The summed E-state index contributed by atoms with van der Waals surface area (Å²) in [5.74, 6) is 0. The zero-order chi connectivity index (χ0) is 9.40. The van der Waals surface area contributed by atoms with Crippen LogP contribution in [-0.4, -0.2) is 12.5 Å². The highest BCUT2D eigenvalue weighted by Gasteiger charge is 1.93. The van der Waals surface area contributed by atoms with Crippen molar-refractivity contribution in [2.75, 3.05) is 0 Å². The Balaban J connectivity index is 0.000000261. The molecule has 0 aliphatic rings. The SMILES string of the molecule is CCC=N.Cc1ccsc1C=O. The third-order valence-electron chi connectivity index (χ3n) is 1.21. The molecule has 0 spiro atoms. The molecule has 0 atom stereocenters. The zero-order valence-electron chi connectivity index (χ0n) is 7.33. The number of hydrogen-bond acceptors (Lipinski definition) is 3. The third-order valence-corrected chi connectivity index (χ3v) is 2.16. The van der Waals surface area contributed by atoms with Crippen LogP contribution >= 0.6 is 11.3 Å². The number of aryl methyl sites for hydroxylation is 1. The van der Waals surface area contributed by atoms with E-state index in [1.807, 2.05) is 25.3 Å². The molecule has 1 heterocycles. The van der Waals surface area contributed by atoms with E-state index in [4.69, 9.17) is 5.41 Å². The molecule has 1 N–H and O–H groups in total. The van der Waals surface area contributed by atoms with Crippen LogP contribution in [0.4, 0.5) is 0 Å². The molecule has 0 aromatic carbocycles. The van der Waals surface area contributed by atoms with Gasteiger partial charge < -0.3 is 5.41 Å². The Morgan fingerprint density at radius 2 is 2.25 bits per heavy atom. The van der Waals surface area contributed by atoms with Gasteiger partial charge in [0.1, 0.15) is 0 Å². The zero-order valence-corrected chi connectivity index (χ0v) is 8.15. The van der Waals surface area contributed by atoms with Crippen molar-refractivity contribution < 1.29 is 4.79 Å². The monoisotopic (exact) mass is 183 g/mol. The van der Waals surface area contributed by atoms with Crippen LogP contribution in [0.5, 0.6) is 0 Å². The van der Waals surface area contributed by atoms with Gasteiger partial charge in [-0.3, -0.25) is 4.79 Å². The van der Waals surface area contributed by atoms with E-state index in [9.17, 15) is 4.79 Å². The second-order valence-corrected chi connectivity index (χ2v) is 3.15. The molecule has 0 radical (unpaired) electrons. The second-order valence-electron chi connectivity index (χ2n) is 2.20. The number of aldehydes is 1. The van der Waals surface area contributed by atoms with Gasteiger partial charge in [-0.05, 0) is 36.6 Å². The Kier molecular flexibility index (Phi) is 6.19. The molecule has 12 heavy (non-hydrogen) atoms. The van der Waals surface area contributed by atoms with Gasteiger partial charge in [-0.15, -0.1) is 11.3 Å².